The standard InChI is InChI=1S/C15H16Cl2N2O/c16-12-4-3-10(6-13(12)17)18-15(20)19-7-11-8-1-2-9(5-8)14(11)19/h3-4,6,8-9,11,14H,1-2,5,7H2,(H,18,20)/t8-,9-,11+,14-/m0/s1. The van der Waals surface area contributed by atoms with Crippen LogP contribution in [0.3, 0.4) is 0 Å². The van der Waals surface area contributed by atoms with E-state index in [1.54, 1.807) is 18.2 Å². The van der Waals surface area contributed by atoms with E-state index in [4.69, 9.17) is 23.2 Å². The molecule has 2 aliphatic carbocycles. The van der Waals surface area contributed by atoms with Gasteiger partial charge in [0.15, 0.2) is 0 Å². The number of amides is 2. The smallest absolute Gasteiger partial charge is 0.321 e. The first-order valence-corrected chi connectivity index (χ1v) is 7.92. The molecule has 0 spiro atoms. The van der Waals surface area contributed by atoms with E-state index in [0.717, 1.165) is 24.3 Å². The Morgan fingerprint density at radius 1 is 1.20 bits per heavy atom. The molecule has 3 aliphatic rings. The van der Waals surface area contributed by atoms with Crippen molar-refractivity contribution in [1.82, 2.24) is 4.90 Å². The third-order valence-corrected chi connectivity index (χ3v) is 5.98. The van der Waals surface area contributed by atoms with Gasteiger partial charge in [-0.25, -0.2) is 4.79 Å². The molecule has 0 radical (unpaired) electrons. The minimum Gasteiger partial charge on any atom is -0.321 e. The van der Waals surface area contributed by atoms with Crippen LogP contribution in [0.1, 0.15) is 19.3 Å². The normalized spacial score (nSPS) is 33.8. The lowest BCUT2D eigenvalue weighted by molar-refractivity contribution is 0.0177. The van der Waals surface area contributed by atoms with E-state index < -0.39 is 0 Å². The zero-order valence-electron chi connectivity index (χ0n) is 11.0. The summed E-state index contributed by atoms with van der Waals surface area (Å²) in [4.78, 5) is 14.3. The van der Waals surface area contributed by atoms with Crippen molar-refractivity contribution >= 4 is 34.9 Å². The van der Waals surface area contributed by atoms with Crippen LogP contribution < -0.4 is 5.32 Å². The first-order chi connectivity index (χ1) is 9.63. The average Bonchev–Trinajstić information content (AvgIpc) is 2.90. The molecule has 4 rings (SSSR count). The average molecular weight is 311 g/mol. The predicted molar refractivity (Wildman–Crippen MR) is 80.3 cm³/mol. The molecule has 1 heterocycles. The molecule has 1 saturated heterocycles. The molecule has 2 bridgehead atoms. The van der Waals surface area contributed by atoms with Crippen molar-refractivity contribution in [1.29, 1.82) is 0 Å². The van der Waals surface area contributed by atoms with E-state index >= 15 is 0 Å². The summed E-state index contributed by atoms with van der Waals surface area (Å²) in [7, 11) is 0. The Morgan fingerprint density at radius 2 is 2.00 bits per heavy atom. The number of carbonyl (C=O) groups is 1. The van der Waals surface area contributed by atoms with Gasteiger partial charge in [0.1, 0.15) is 0 Å². The van der Waals surface area contributed by atoms with E-state index in [0.29, 0.717) is 21.8 Å². The highest BCUT2D eigenvalue weighted by Crippen LogP contribution is 2.55. The monoisotopic (exact) mass is 310 g/mol. The van der Waals surface area contributed by atoms with Gasteiger partial charge in [0.2, 0.25) is 0 Å². The largest absolute Gasteiger partial charge is 0.322 e. The van der Waals surface area contributed by atoms with Gasteiger partial charge in [-0.3, -0.25) is 0 Å². The molecule has 1 aromatic rings. The van der Waals surface area contributed by atoms with Gasteiger partial charge in [-0.15, -0.1) is 0 Å². The Hall–Kier alpha value is -0.930. The van der Waals surface area contributed by atoms with Crippen molar-refractivity contribution in [2.75, 3.05) is 11.9 Å². The summed E-state index contributed by atoms with van der Waals surface area (Å²) >= 11 is 11.8. The van der Waals surface area contributed by atoms with Gasteiger partial charge in [0.05, 0.1) is 10.0 Å². The van der Waals surface area contributed by atoms with Gasteiger partial charge >= 0.3 is 6.03 Å². The minimum atomic E-state index is -0.00260. The van der Waals surface area contributed by atoms with Gasteiger partial charge in [-0.05, 0) is 49.3 Å². The molecule has 0 aromatic heterocycles. The second-order valence-corrected chi connectivity index (χ2v) is 7.01. The van der Waals surface area contributed by atoms with Crippen molar-refractivity contribution in [2.24, 2.45) is 17.8 Å². The zero-order chi connectivity index (χ0) is 13.9. The SMILES string of the molecule is O=C(Nc1ccc(Cl)c(Cl)c1)N1C[C@@H]2[C@H]3CC[C@@H](C3)[C@@H]21. The number of hydrogen-bond donors (Lipinski definition) is 1. The number of likely N-dealkylation sites (tertiary alicyclic amines) is 1. The second-order valence-electron chi connectivity index (χ2n) is 6.20. The number of nitrogens with zero attached hydrogens (tertiary/aromatic N) is 1. The molecule has 2 amide bonds. The molecule has 20 heavy (non-hydrogen) atoms. The van der Waals surface area contributed by atoms with E-state index in [9.17, 15) is 4.79 Å². The van der Waals surface area contributed by atoms with Crippen LogP contribution in [-0.4, -0.2) is 23.5 Å². The first kappa shape index (κ1) is 12.8. The number of rotatable bonds is 1. The number of carbonyl (C=O) groups excluding carboxylic acids is 1. The van der Waals surface area contributed by atoms with Gasteiger partial charge in [-0.2, -0.15) is 0 Å². The molecule has 4 atom stereocenters. The van der Waals surface area contributed by atoms with E-state index in [2.05, 4.69) is 5.32 Å². The Morgan fingerprint density at radius 3 is 2.75 bits per heavy atom. The first-order valence-electron chi connectivity index (χ1n) is 7.16. The maximum absolute atomic E-state index is 12.3. The highest BCUT2D eigenvalue weighted by molar-refractivity contribution is 6.42. The summed E-state index contributed by atoms with van der Waals surface area (Å²) in [5.41, 5.74) is 0.705. The van der Waals surface area contributed by atoms with Crippen molar-refractivity contribution in [3.05, 3.63) is 28.2 Å². The lowest BCUT2D eigenvalue weighted by Crippen LogP contribution is -2.61. The van der Waals surface area contributed by atoms with Crippen LogP contribution in [-0.2, 0) is 0 Å². The van der Waals surface area contributed by atoms with Crippen LogP contribution in [0, 0.1) is 17.8 Å². The number of anilines is 1. The lowest BCUT2D eigenvalue weighted by Gasteiger charge is -2.50. The maximum atomic E-state index is 12.3. The maximum Gasteiger partial charge on any atom is 0.322 e. The highest BCUT2D eigenvalue weighted by atomic mass is 35.5. The number of fused-ring (bicyclic) bond motifs is 5. The fourth-order valence-electron chi connectivity index (χ4n) is 4.32. The Labute approximate surface area is 128 Å². The molecule has 1 aromatic carbocycles. The molecule has 0 unspecified atom stereocenters. The summed E-state index contributed by atoms with van der Waals surface area (Å²) in [5, 5.41) is 3.89. The minimum absolute atomic E-state index is 0.00260. The van der Waals surface area contributed by atoms with Gasteiger partial charge in [0, 0.05) is 24.2 Å². The summed E-state index contributed by atoms with van der Waals surface area (Å²) in [6, 6.07) is 5.66. The number of urea groups is 1. The molecule has 3 fully saturated rings. The molecule has 2 saturated carbocycles. The van der Waals surface area contributed by atoms with Crippen LogP contribution in [0.15, 0.2) is 18.2 Å². The number of halogens is 2. The van der Waals surface area contributed by atoms with Crippen molar-refractivity contribution in [3.63, 3.8) is 0 Å². The third-order valence-electron chi connectivity index (χ3n) is 5.24. The summed E-state index contributed by atoms with van der Waals surface area (Å²) in [6.45, 7) is 0.916. The second kappa shape index (κ2) is 4.54. The Kier molecular flexibility index (Phi) is 2.90. The number of hydrogen-bond acceptors (Lipinski definition) is 1. The Balaban J connectivity index is 1.45. The van der Waals surface area contributed by atoms with Crippen LogP contribution in [0.5, 0.6) is 0 Å². The van der Waals surface area contributed by atoms with Crippen LogP contribution >= 0.6 is 23.2 Å². The van der Waals surface area contributed by atoms with Gasteiger partial charge < -0.3 is 10.2 Å². The van der Waals surface area contributed by atoms with Crippen molar-refractivity contribution in [3.8, 4) is 0 Å². The zero-order valence-corrected chi connectivity index (χ0v) is 12.5. The van der Waals surface area contributed by atoms with Crippen LogP contribution in [0.2, 0.25) is 10.0 Å². The summed E-state index contributed by atoms with van der Waals surface area (Å²) < 4.78 is 0. The van der Waals surface area contributed by atoms with Crippen LogP contribution in [0.25, 0.3) is 0 Å². The van der Waals surface area contributed by atoms with E-state index in [-0.39, 0.29) is 6.03 Å². The predicted octanol–water partition coefficient (Wildman–Crippen LogP) is 4.26. The summed E-state index contributed by atoms with van der Waals surface area (Å²) in [6.07, 6.45) is 3.99. The molecular weight excluding hydrogens is 295 g/mol. The van der Waals surface area contributed by atoms with Gasteiger partial charge in [0.25, 0.3) is 0 Å². The lowest BCUT2D eigenvalue weighted by atomic mass is 9.77. The Bertz CT molecular complexity index is 575. The molecule has 1 N–H and O–H groups in total. The number of nitrogens with one attached hydrogen (secondary N) is 1. The quantitative estimate of drug-likeness (QED) is 0.826. The fourth-order valence-corrected chi connectivity index (χ4v) is 4.62. The fraction of sp³-hybridized carbons (Fsp3) is 0.533. The van der Waals surface area contributed by atoms with Crippen LogP contribution in [0.4, 0.5) is 10.5 Å². The van der Waals surface area contributed by atoms with Gasteiger partial charge in [-0.1, -0.05) is 23.2 Å². The van der Waals surface area contributed by atoms with E-state index in [1.807, 2.05) is 4.90 Å². The number of benzene rings is 1. The van der Waals surface area contributed by atoms with Crippen molar-refractivity contribution < 1.29 is 4.79 Å². The van der Waals surface area contributed by atoms with Crippen molar-refractivity contribution in [2.45, 2.75) is 25.3 Å². The molecule has 1 aliphatic heterocycles. The molecule has 5 heteroatoms. The topological polar surface area (TPSA) is 32.3 Å². The summed E-state index contributed by atoms with van der Waals surface area (Å²) in [5.74, 6) is 2.37. The molecule has 106 valence electrons. The van der Waals surface area contributed by atoms with E-state index in [1.165, 1.54) is 19.3 Å². The molecule has 3 nitrogen and oxygen atoms in total. The molecular formula is C15H16Cl2N2O. The third kappa shape index (κ3) is 1.83. The highest BCUT2D eigenvalue weighted by Gasteiger charge is 2.57.